The molecule has 2 aliphatic rings. The average Bonchev–Trinajstić information content (AvgIpc) is 2.40. The summed E-state index contributed by atoms with van der Waals surface area (Å²) in [7, 11) is 0. The van der Waals surface area contributed by atoms with Crippen LogP contribution in [0.5, 0.6) is 0 Å². The second-order valence-electron chi connectivity index (χ2n) is 5.41. The fourth-order valence-electron chi connectivity index (χ4n) is 2.87. The third-order valence-corrected chi connectivity index (χ3v) is 4.08. The molecular formula is C13H24N2O2. The van der Waals surface area contributed by atoms with E-state index in [2.05, 4.69) is 10.6 Å². The van der Waals surface area contributed by atoms with Crippen molar-refractivity contribution >= 4 is 5.91 Å². The molecule has 1 atom stereocenters. The summed E-state index contributed by atoms with van der Waals surface area (Å²) in [5.74, 6) is 0.633. The van der Waals surface area contributed by atoms with E-state index in [-0.39, 0.29) is 11.9 Å². The molecule has 98 valence electrons. The lowest BCUT2D eigenvalue weighted by atomic mass is 9.86. The number of hydrogen-bond acceptors (Lipinski definition) is 3. The SMILES string of the molecule is O=C(NC1CCC(CO)CC1)[C@H]1CCCCN1. The van der Waals surface area contributed by atoms with Crippen LogP contribution < -0.4 is 10.6 Å². The van der Waals surface area contributed by atoms with E-state index in [1.807, 2.05) is 0 Å². The Bertz CT molecular complexity index is 244. The van der Waals surface area contributed by atoms with Gasteiger partial charge in [0.2, 0.25) is 5.91 Å². The lowest BCUT2D eigenvalue weighted by Crippen LogP contribution is -2.50. The van der Waals surface area contributed by atoms with Crippen LogP contribution in [0.4, 0.5) is 0 Å². The molecule has 0 aromatic rings. The van der Waals surface area contributed by atoms with Gasteiger partial charge in [-0.2, -0.15) is 0 Å². The predicted octanol–water partition coefficient (Wildman–Crippen LogP) is 0.796. The number of nitrogens with one attached hydrogen (secondary N) is 2. The average molecular weight is 240 g/mol. The topological polar surface area (TPSA) is 61.4 Å². The summed E-state index contributed by atoms with van der Waals surface area (Å²) in [6, 6.07) is 0.355. The summed E-state index contributed by atoms with van der Waals surface area (Å²) in [6.07, 6.45) is 7.43. The maximum absolute atomic E-state index is 12.0. The molecule has 1 saturated heterocycles. The molecule has 0 aromatic heterocycles. The molecule has 4 heteroatoms. The van der Waals surface area contributed by atoms with Crippen molar-refractivity contribution in [1.29, 1.82) is 0 Å². The van der Waals surface area contributed by atoms with E-state index in [1.54, 1.807) is 0 Å². The fraction of sp³-hybridized carbons (Fsp3) is 0.923. The van der Waals surface area contributed by atoms with Crippen LogP contribution in [-0.2, 0) is 4.79 Å². The van der Waals surface area contributed by atoms with Crippen molar-refractivity contribution in [1.82, 2.24) is 10.6 Å². The van der Waals surface area contributed by atoms with Gasteiger partial charge in [0.05, 0.1) is 6.04 Å². The van der Waals surface area contributed by atoms with Crippen LogP contribution in [-0.4, -0.2) is 36.2 Å². The summed E-state index contributed by atoms with van der Waals surface area (Å²) in [5.41, 5.74) is 0. The van der Waals surface area contributed by atoms with E-state index in [9.17, 15) is 4.79 Å². The number of aliphatic hydroxyl groups is 1. The van der Waals surface area contributed by atoms with Crippen LogP contribution in [0.2, 0.25) is 0 Å². The number of piperidine rings is 1. The molecule has 0 bridgehead atoms. The molecular weight excluding hydrogens is 216 g/mol. The van der Waals surface area contributed by atoms with Gasteiger partial charge in [-0.15, -0.1) is 0 Å². The maximum atomic E-state index is 12.0. The Kier molecular flexibility index (Phi) is 4.80. The molecule has 2 rings (SSSR count). The number of rotatable bonds is 3. The zero-order chi connectivity index (χ0) is 12.1. The standard InChI is InChI=1S/C13H24N2O2/c16-9-10-4-6-11(7-5-10)15-13(17)12-3-1-2-8-14-12/h10-12,14,16H,1-9H2,(H,15,17)/t10?,11?,12-/m1/s1. The molecule has 1 aliphatic carbocycles. The van der Waals surface area contributed by atoms with Gasteiger partial charge in [0.25, 0.3) is 0 Å². The number of carbonyl (C=O) groups is 1. The molecule has 0 unspecified atom stereocenters. The number of aliphatic hydroxyl groups excluding tert-OH is 1. The minimum atomic E-state index is 0.0271. The van der Waals surface area contributed by atoms with Gasteiger partial charge >= 0.3 is 0 Å². The third-order valence-electron chi connectivity index (χ3n) is 4.08. The highest BCUT2D eigenvalue weighted by Crippen LogP contribution is 2.23. The molecule has 1 saturated carbocycles. The Hall–Kier alpha value is -0.610. The monoisotopic (exact) mass is 240 g/mol. The predicted molar refractivity (Wildman–Crippen MR) is 66.6 cm³/mol. The molecule has 3 N–H and O–H groups in total. The van der Waals surface area contributed by atoms with E-state index in [4.69, 9.17) is 5.11 Å². The summed E-state index contributed by atoms with van der Waals surface area (Å²) >= 11 is 0. The Morgan fingerprint density at radius 3 is 2.53 bits per heavy atom. The third kappa shape index (κ3) is 3.68. The molecule has 17 heavy (non-hydrogen) atoms. The molecule has 0 radical (unpaired) electrons. The van der Waals surface area contributed by atoms with E-state index in [1.165, 1.54) is 6.42 Å². The van der Waals surface area contributed by atoms with Crippen LogP contribution in [0, 0.1) is 5.92 Å². The first kappa shape index (κ1) is 12.8. The Morgan fingerprint density at radius 2 is 1.94 bits per heavy atom. The van der Waals surface area contributed by atoms with Crippen molar-refractivity contribution in [3.05, 3.63) is 0 Å². The highest BCUT2D eigenvalue weighted by molar-refractivity contribution is 5.82. The summed E-state index contributed by atoms with van der Waals surface area (Å²) in [5, 5.41) is 15.5. The van der Waals surface area contributed by atoms with Crippen molar-refractivity contribution in [3.8, 4) is 0 Å². The first-order valence-electron chi connectivity index (χ1n) is 6.94. The number of carbonyl (C=O) groups excluding carboxylic acids is 1. The fourth-order valence-corrected chi connectivity index (χ4v) is 2.87. The van der Waals surface area contributed by atoms with Gasteiger partial charge in [-0.05, 0) is 51.0 Å². The van der Waals surface area contributed by atoms with Crippen LogP contribution in [0.3, 0.4) is 0 Å². The maximum Gasteiger partial charge on any atom is 0.237 e. The van der Waals surface area contributed by atoms with Crippen LogP contribution in [0.1, 0.15) is 44.9 Å². The first-order valence-corrected chi connectivity index (χ1v) is 6.94. The van der Waals surface area contributed by atoms with Crippen molar-refractivity contribution in [2.24, 2.45) is 5.92 Å². The van der Waals surface area contributed by atoms with Crippen LogP contribution in [0.25, 0.3) is 0 Å². The minimum absolute atomic E-state index is 0.0271. The van der Waals surface area contributed by atoms with Crippen LogP contribution >= 0.6 is 0 Å². The normalized spacial score (nSPS) is 34.3. The highest BCUT2D eigenvalue weighted by Gasteiger charge is 2.25. The van der Waals surface area contributed by atoms with Gasteiger partial charge in [-0.25, -0.2) is 0 Å². The zero-order valence-electron chi connectivity index (χ0n) is 10.5. The molecule has 0 spiro atoms. The minimum Gasteiger partial charge on any atom is -0.396 e. The van der Waals surface area contributed by atoms with Gasteiger partial charge in [-0.1, -0.05) is 6.42 Å². The Balaban J connectivity index is 1.71. The van der Waals surface area contributed by atoms with Crippen molar-refractivity contribution in [2.75, 3.05) is 13.2 Å². The smallest absolute Gasteiger partial charge is 0.237 e. The molecule has 2 fully saturated rings. The molecule has 1 amide bonds. The number of hydrogen-bond donors (Lipinski definition) is 3. The molecule has 0 aromatic carbocycles. The Labute approximate surface area is 103 Å². The number of amides is 1. The Morgan fingerprint density at radius 1 is 1.18 bits per heavy atom. The van der Waals surface area contributed by atoms with Gasteiger partial charge < -0.3 is 15.7 Å². The largest absolute Gasteiger partial charge is 0.396 e. The van der Waals surface area contributed by atoms with Crippen LogP contribution in [0.15, 0.2) is 0 Å². The molecule has 4 nitrogen and oxygen atoms in total. The first-order chi connectivity index (χ1) is 8.29. The lowest BCUT2D eigenvalue weighted by molar-refractivity contribution is -0.124. The highest BCUT2D eigenvalue weighted by atomic mass is 16.3. The molecule has 1 aliphatic heterocycles. The second-order valence-corrected chi connectivity index (χ2v) is 5.41. The van der Waals surface area contributed by atoms with Gasteiger partial charge in [0.1, 0.15) is 0 Å². The lowest BCUT2D eigenvalue weighted by Gasteiger charge is -2.30. The summed E-state index contributed by atoms with van der Waals surface area (Å²) < 4.78 is 0. The second kappa shape index (κ2) is 6.36. The van der Waals surface area contributed by atoms with E-state index >= 15 is 0 Å². The van der Waals surface area contributed by atoms with Crippen molar-refractivity contribution in [2.45, 2.75) is 57.0 Å². The summed E-state index contributed by atoms with van der Waals surface area (Å²) in [4.78, 5) is 12.0. The van der Waals surface area contributed by atoms with Gasteiger partial charge in [-0.3, -0.25) is 4.79 Å². The van der Waals surface area contributed by atoms with Gasteiger partial charge in [0.15, 0.2) is 0 Å². The van der Waals surface area contributed by atoms with E-state index in [0.717, 1.165) is 45.1 Å². The summed E-state index contributed by atoms with van der Waals surface area (Å²) in [6.45, 7) is 1.26. The van der Waals surface area contributed by atoms with Crippen molar-refractivity contribution < 1.29 is 9.90 Å². The zero-order valence-corrected chi connectivity index (χ0v) is 10.5. The van der Waals surface area contributed by atoms with E-state index < -0.39 is 0 Å². The quantitative estimate of drug-likeness (QED) is 0.683. The van der Waals surface area contributed by atoms with Crippen molar-refractivity contribution in [3.63, 3.8) is 0 Å². The van der Waals surface area contributed by atoms with Gasteiger partial charge in [0, 0.05) is 12.6 Å². The molecule has 1 heterocycles. The van der Waals surface area contributed by atoms with E-state index in [0.29, 0.717) is 18.6 Å².